The molecule has 1 aliphatic rings. The second-order valence-corrected chi connectivity index (χ2v) is 9.33. The molecule has 1 saturated heterocycles. The predicted octanol–water partition coefficient (Wildman–Crippen LogP) is 6.02. The van der Waals surface area contributed by atoms with Crippen molar-refractivity contribution in [3.63, 3.8) is 0 Å². The number of carbonyl (C=O) groups excluding carboxylic acids is 3. The van der Waals surface area contributed by atoms with Crippen molar-refractivity contribution in [3.8, 4) is 5.75 Å². The quantitative estimate of drug-likeness (QED) is 0.271. The molecular formula is C25H26Cl2N2O5S. The number of carbonyl (C=O) groups is 3. The average molecular weight is 537 g/mol. The summed E-state index contributed by atoms with van der Waals surface area (Å²) in [7, 11) is 0. The number of nitrogens with zero attached hydrogens (tertiary/aromatic N) is 2. The van der Waals surface area contributed by atoms with Crippen LogP contribution in [0.3, 0.4) is 0 Å². The number of thioether (sulfide) groups is 1. The molecule has 3 rings (SSSR count). The van der Waals surface area contributed by atoms with Crippen molar-refractivity contribution < 1.29 is 23.9 Å². The number of hydrogen-bond acceptors (Lipinski definition) is 7. The molecule has 0 bridgehead atoms. The van der Waals surface area contributed by atoms with Gasteiger partial charge in [0.15, 0.2) is 0 Å². The summed E-state index contributed by atoms with van der Waals surface area (Å²) in [6.07, 6.45) is 1.60. The molecular weight excluding hydrogens is 511 g/mol. The smallest absolute Gasteiger partial charge is 0.326 e. The van der Waals surface area contributed by atoms with Gasteiger partial charge in [-0.3, -0.25) is 19.3 Å². The van der Waals surface area contributed by atoms with Crippen molar-refractivity contribution in [1.29, 1.82) is 0 Å². The number of amides is 2. The van der Waals surface area contributed by atoms with E-state index in [2.05, 4.69) is 18.7 Å². The van der Waals surface area contributed by atoms with Crippen molar-refractivity contribution in [1.82, 2.24) is 4.90 Å². The topological polar surface area (TPSA) is 76.2 Å². The highest BCUT2D eigenvalue weighted by Gasteiger charge is 2.36. The second kappa shape index (κ2) is 12.3. The number of benzene rings is 2. The zero-order valence-electron chi connectivity index (χ0n) is 19.7. The van der Waals surface area contributed by atoms with Gasteiger partial charge in [0, 0.05) is 46.0 Å². The van der Waals surface area contributed by atoms with Gasteiger partial charge < -0.3 is 14.4 Å². The Balaban J connectivity index is 1.91. The van der Waals surface area contributed by atoms with Gasteiger partial charge in [-0.15, -0.1) is 0 Å². The van der Waals surface area contributed by atoms with Crippen LogP contribution < -0.4 is 9.64 Å². The van der Waals surface area contributed by atoms with Crippen LogP contribution in [-0.4, -0.2) is 48.3 Å². The van der Waals surface area contributed by atoms with E-state index in [1.165, 1.54) is 0 Å². The first kappa shape index (κ1) is 26.9. The third kappa shape index (κ3) is 6.72. The fourth-order valence-corrected chi connectivity index (χ4v) is 4.75. The van der Waals surface area contributed by atoms with E-state index in [1.54, 1.807) is 31.2 Å². The van der Waals surface area contributed by atoms with Crippen LogP contribution in [0.2, 0.25) is 10.0 Å². The third-order valence-corrected chi connectivity index (χ3v) is 6.77. The Morgan fingerprint density at radius 1 is 1.09 bits per heavy atom. The van der Waals surface area contributed by atoms with Crippen LogP contribution in [0.5, 0.6) is 5.75 Å². The summed E-state index contributed by atoms with van der Waals surface area (Å²) in [4.78, 5) is 40.2. The van der Waals surface area contributed by atoms with Crippen molar-refractivity contribution >= 4 is 63.8 Å². The molecule has 2 aromatic rings. The van der Waals surface area contributed by atoms with Gasteiger partial charge in [0.1, 0.15) is 18.9 Å². The maximum absolute atomic E-state index is 12.8. The third-order valence-electron chi connectivity index (χ3n) is 5.28. The van der Waals surface area contributed by atoms with Crippen LogP contribution in [0, 0.1) is 0 Å². The average Bonchev–Trinajstić information content (AvgIpc) is 3.08. The summed E-state index contributed by atoms with van der Waals surface area (Å²) in [5.74, 6) is -0.659. The van der Waals surface area contributed by atoms with Crippen molar-refractivity contribution in [3.05, 3.63) is 62.5 Å². The molecule has 2 aromatic carbocycles. The highest BCUT2D eigenvalue weighted by molar-refractivity contribution is 8.18. The van der Waals surface area contributed by atoms with Crippen LogP contribution in [0.4, 0.5) is 10.5 Å². The number of anilines is 1. The molecule has 0 saturated carbocycles. The second-order valence-electron chi connectivity index (χ2n) is 7.49. The molecule has 10 heteroatoms. The lowest BCUT2D eigenvalue weighted by Crippen LogP contribution is -2.34. The maximum Gasteiger partial charge on any atom is 0.326 e. The number of hydrogen-bond donors (Lipinski definition) is 0. The first-order valence-electron chi connectivity index (χ1n) is 11.1. The normalized spacial score (nSPS) is 14.5. The van der Waals surface area contributed by atoms with Gasteiger partial charge in [-0.05, 0) is 62.9 Å². The molecule has 35 heavy (non-hydrogen) atoms. The Morgan fingerprint density at radius 3 is 2.49 bits per heavy atom. The van der Waals surface area contributed by atoms with Crippen LogP contribution in [-0.2, 0) is 20.9 Å². The van der Waals surface area contributed by atoms with Crippen LogP contribution >= 0.6 is 35.0 Å². The number of esters is 1. The Hall–Kier alpha value is -2.68. The van der Waals surface area contributed by atoms with Gasteiger partial charge in [-0.2, -0.15) is 0 Å². The number of halogens is 2. The zero-order valence-corrected chi connectivity index (χ0v) is 22.0. The number of ether oxygens (including phenoxy) is 2. The van der Waals surface area contributed by atoms with Gasteiger partial charge in [-0.25, -0.2) is 0 Å². The summed E-state index contributed by atoms with van der Waals surface area (Å²) >= 11 is 13.1. The van der Waals surface area contributed by atoms with E-state index in [0.717, 1.165) is 41.0 Å². The molecule has 2 amide bonds. The Labute approximate surface area is 218 Å². The van der Waals surface area contributed by atoms with E-state index in [0.29, 0.717) is 21.4 Å². The van der Waals surface area contributed by atoms with Crippen LogP contribution in [0.15, 0.2) is 41.3 Å². The lowest BCUT2D eigenvalue weighted by molar-refractivity contribution is -0.145. The van der Waals surface area contributed by atoms with Crippen molar-refractivity contribution in [2.24, 2.45) is 0 Å². The molecule has 1 aliphatic heterocycles. The molecule has 0 aromatic heterocycles. The Bertz CT molecular complexity index is 1150. The fourth-order valence-electron chi connectivity index (χ4n) is 3.46. The van der Waals surface area contributed by atoms with Gasteiger partial charge >= 0.3 is 5.97 Å². The number of rotatable bonds is 10. The Morgan fingerprint density at radius 2 is 1.83 bits per heavy atom. The molecule has 0 N–H and O–H groups in total. The standard InChI is InChI=1S/C25H26Cl2N2O5S/c1-4-28(5-2)19-10-8-16(21(13-19)34-15-17-7-9-18(26)12-20(17)27)11-22-24(31)29(25(32)35-22)14-23(30)33-6-3/h7-13H,4-6,14-15H2,1-3H3/b22-11+. The van der Waals surface area contributed by atoms with Gasteiger partial charge in [0.2, 0.25) is 0 Å². The molecule has 186 valence electrons. The first-order chi connectivity index (χ1) is 16.8. The molecule has 0 spiro atoms. The largest absolute Gasteiger partial charge is 0.488 e. The monoisotopic (exact) mass is 536 g/mol. The van der Waals surface area contributed by atoms with E-state index in [9.17, 15) is 14.4 Å². The number of imide groups is 1. The fraction of sp³-hybridized carbons (Fsp3) is 0.320. The Kier molecular flexibility index (Phi) is 9.48. The van der Waals surface area contributed by atoms with Gasteiger partial charge in [0.05, 0.1) is 11.5 Å². The minimum Gasteiger partial charge on any atom is -0.488 e. The molecule has 7 nitrogen and oxygen atoms in total. The molecule has 0 aliphatic carbocycles. The summed E-state index contributed by atoms with van der Waals surface area (Å²) in [6.45, 7) is 7.33. The zero-order chi connectivity index (χ0) is 25.5. The predicted molar refractivity (Wildman–Crippen MR) is 140 cm³/mol. The highest BCUT2D eigenvalue weighted by Crippen LogP contribution is 2.36. The van der Waals surface area contributed by atoms with E-state index in [1.807, 2.05) is 18.2 Å². The SMILES string of the molecule is CCOC(=O)CN1C(=O)S/C(=C/c2ccc(N(CC)CC)cc2OCc2ccc(Cl)cc2Cl)C1=O. The lowest BCUT2D eigenvalue weighted by Gasteiger charge is -2.22. The van der Waals surface area contributed by atoms with E-state index >= 15 is 0 Å². The first-order valence-corrected chi connectivity index (χ1v) is 12.7. The van der Waals surface area contributed by atoms with Crippen molar-refractivity contribution in [2.75, 3.05) is 31.1 Å². The van der Waals surface area contributed by atoms with Gasteiger partial charge in [-0.1, -0.05) is 29.3 Å². The summed E-state index contributed by atoms with van der Waals surface area (Å²) in [6, 6.07) is 10.8. The molecule has 0 atom stereocenters. The molecule has 1 fully saturated rings. The summed E-state index contributed by atoms with van der Waals surface area (Å²) < 4.78 is 11.0. The molecule has 1 heterocycles. The van der Waals surface area contributed by atoms with Gasteiger partial charge in [0.25, 0.3) is 11.1 Å². The van der Waals surface area contributed by atoms with E-state index < -0.39 is 23.7 Å². The maximum atomic E-state index is 12.8. The van der Waals surface area contributed by atoms with E-state index in [-0.39, 0.29) is 18.1 Å². The minimum absolute atomic E-state index is 0.169. The summed E-state index contributed by atoms with van der Waals surface area (Å²) in [5.41, 5.74) is 2.33. The lowest BCUT2D eigenvalue weighted by atomic mass is 10.1. The van der Waals surface area contributed by atoms with Crippen LogP contribution in [0.25, 0.3) is 6.08 Å². The highest BCUT2D eigenvalue weighted by atomic mass is 35.5. The van der Waals surface area contributed by atoms with Crippen LogP contribution in [0.1, 0.15) is 31.9 Å². The minimum atomic E-state index is -0.636. The van der Waals surface area contributed by atoms with Crippen molar-refractivity contribution in [2.45, 2.75) is 27.4 Å². The van der Waals surface area contributed by atoms with E-state index in [4.69, 9.17) is 32.7 Å². The summed E-state index contributed by atoms with van der Waals surface area (Å²) in [5, 5.41) is 0.491. The molecule has 0 radical (unpaired) electrons. The molecule has 0 unspecified atom stereocenters.